The fourth-order valence-electron chi connectivity index (χ4n) is 3.97. The van der Waals surface area contributed by atoms with Crippen LogP contribution in [0.1, 0.15) is 41.4 Å². The van der Waals surface area contributed by atoms with Gasteiger partial charge in [-0.3, -0.25) is 4.79 Å². The standard InChI is InChI=1S/C26H28N2O5S/c1-26(2)24(29)23(28-34(31,32)20-11-7-4-8-12-20)21-17-19(13-14-22(21)33-26)25(30)27-16-15-18-9-5-3-6-10-18/h3-14,17,23-24,28-29H,15-16H2,1-2H3,(H,27,30)/t23-,24+/m1/s1. The van der Waals surface area contributed by atoms with E-state index in [0.717, 1.165) is 5.56 Å². The Morgan fingerprint density at radius 1 is 1.00 bits per heavy atom. The molecule has 1 aliphatic heterocycles. The zero-order chi connectivity index (χ0) is 24.3. The molecule has 3 N–H and O–H groups in total. The summed E-state index contributed by atoms with van der Waals surface area (Å²) >= 11 is 0. The topological polar surface area (TPSA) is 105 Å². The Kier molecular flexibility index (Phi) is 6.74. The maximum absolute atomic E-state index is 13.0. The predicted molar refractivity (Wildman–Crippen MR) is 129 cm³/mol. The molecule has 3 aromatic rings. The van der Waals surface area contributed by atoms with Crippen molar-refractivity contribution in [3.05, 3.63) is 95.6 Å². The molecule has 1 aliphatic rings. The first-order chi connectivity index (χ1) is 16.2. The van der Waals surface area contributed by atoms with Crippen molar-refractivity contribution in [2.24, 2.45) is 0 Å². The first-order valence-corrected chi connectivity index (χ1v) is 12.6. The van der Waals surface area contributed by atoms with Crippen LogP contribution in [0.4, 0.5) is 0 Å². The summed E-state index contributed by atoms with van der Waals surface area (Å²) in [5.41, 5.74) is 0.826. The van der Waals surface area contributed by atoms with Gasteiger partial charge in [0, 0.05) is 17.7 Å². The maximum Gasteiger partial charge on any atom is 0.251 e. The van der Waals surface area contributed by atoms with E-state index in [0.29, 0.717) is 29.8 Å². The summed E-state index contributed by atoms with van der Waals surface area (Å²) in [5, 5.41) is 13.9. The van der Waals surface area contributed by atoms with Crippen LogP contribution >= 0.6 is 0 Å². The van der Waals surface area contributed by atoms with Crippen molar-refractivity contribution in [3.8, 4) is 5.75 Å². The van der Waals surface area contributed by atoms with Gasteiger partial charge in [0.1, 0.15) is 17.5 Å². The number of hydrogen-bond acceptors (Lipinski definition) is 5. The van der Waals surface area contributed by atoms with Gasteiger partial charge in [0.25, 0.3) is 5.91 Å². The molecule has 0 aromatic heterocycles. The molecule has 0 fully saturated rings. The van der Waals surface area contributed by atoms with Crippen LogP contribution in [0.15, 0.2) is 83.8 Å². The second-order valence-corrected chi connectivity index (χ2v) is 10.5. The number of rotatable bonds is 7. The molecule has 7 nitrogen and oxygen atoms in total. The van der Waals surface area contributed by atoms with E-state index >= 15 is 0 Å². The van der Waals surface area contributed by atoms with Crippen LogP contribution in [0.3, 0.4) is 0 Å². The first kappa shape index (κ1) is 23.9. The van der Waals surface area contributed by atoms with Gasteiger partial charge >= 0.3 is 0 Å². The van der Waals surface area contributed by atoms with Crippen molar-refractivity contribution in [1.29, 1.82) is 0 Å². The fourth-order valence-corrected chi connectivity index (χ4v) is 5.21. The Bertz CT molecular complexity index is 1260. The van der Waals surface area contributed by atoms with Crippen LogP contribution in [0.2, 0.25) is 0 Å². The zero-order valence-corrected chi connectivity index (χ0v) is 19.9. The average molecular weight is 481 g/mol. The van der Waals surface area contributed by atoms with Gasteiger partial charge in [-0.15, -0.1) is 0 Å². The van der Waals surface area contributed by atoms with Crippen LogP contribution in [-0.4, -0.2) is 37.7 Å². The Morgan fingerprint density at radius 3 is 2.32 bits per heavy atom. The van der Waals surface area contributed by atoms with Gasteiger partial charge in [-0.1, -0.05) is 48.5 Å². The van der Waals surface area contributed by atoms with Crippen molar-refractivity contribution in [3.63, 3.8) is 0 Å². The Morgan fingerprint density at radius 2 is 1.65 bits per heavy atom. The van der Waals surface area contributed by atoms with Gasteiger partial charge in [-0.05, 0) is 56.2 Å². The Hall–Kier alpha value is -3.20. The maximum atomic E-state index is 13.0. The number of sulfonamides is 1. The van der Waals surface area contributed by atoms with E-state index in [-0.39, 0.29) is 10.8 Å². The largest absolute Gasteiger partial charge is 0.485 e. The summed E-state index contributed by atoms with van der Waals surface area (Å²) in [7, 11) is -3.93. The number of carbonyl (C=O) groups is 1. The highest BCUT2D eigenvalue weighted by Gasteiger charge is 2.44. The van der Waals surface area contributed by atoms with Gasteiger partial charge in [0.05, 0.1) is 10.9 Å². The lowest BCUT2D eigenvalue weighted by Gasteiger charge is -2.42. The van der Waals surface area contributed by atoms with Gasteiger partial charge in [0.15, 0.2) is 0 Å². The number of benzene rings is 3. The lowest BCUT2D eigenvalue weighted by Crippen LogP contribution is -2.53. The number of ether oxygens (including phenoxy) is 1. The van der Waals surface area contributed by atoms with E-state index in [9.17, 15) is 18.3 Å². The molecule has 34 heavy (non-hydrogen) atoms. The molecule has 2 atom stereocenters. The number of carbonyl (C=O) groups excluding carboxylic acids is 1. The van der Waals surface area contributed by atoms with Crippen molar-refractivity contribution < 1.29 is 23.1 Å². The molecule has 0 radical (unpaired) electrons. The minimum atomic E-state index is -3.93. The van der Waals surface area contributed by atoms with Crippen molar-refractivity contribution in [2.45, 2.75) is 42.9 Å². The van der Waals surface area contributed by atoms with Crippen molar-refractivity contribution >= 4 is 15.9 Å². The molecular weight excluding hydrogens is 452 g/mol. The van der Waals surface area contributed by atoms with E-state index < -0.39 is 27.8 Å². The van der Waals surface area contributed by atoms with Crippen LogP contribution in [0.25, 0.3) is 0 Å². The summed E-state index contributed by atoms with van der Waals surface area (Å²) in [4.78, 5) is 12.9. The lowest BCUT2D eigenvalue weighted by atomic mass is 9.86. The van der Waals surface area contributed by atoms with Crippen LogP contribution in [0, 0.1) is 0 Å². The Balaban J connectivity index is 1.58. The van der Waals surface area contributed by atoms with Crippen molar-refractivity contribution in [1.82, 2.24) is 10.0 Å². The molecule has 0 unspecified atom stereocenters. The molecule has 0 spiro atoms. The molecule has 4 rings (SSSR count). The summed E-state index contributed by atoms with van der Waals surface area (Å²) in [6.07, 6.45) is -0.498. The molecule has 0 aliphatic carbocycles. The van der Waals surface area contributed by atoms with Gasteiger partial charge < -0.3 is 15.2 Å². The van der Waals surface area contributed by atoms with Gasteiger partial charge in [-0.2, -0.15) is 0 Å². The highest BCUT2D eigenvalue weighted by atomic mass is 32.2. The molecule has 0 saturated heterocycles. The number of aliphatic hydroxyl groups is 1. The molecular formula is C26H28N2O5S. The van der Waals surface area contributed by atoms with E-state index in [1.54, 1.807) is 50.2 Å². The molecule has 1 heterocycles. The normalized spacial score (nSPS) is 19.0. The van der Waals surface area contributed by atoms with Gasteiger partial charge in [0.2, 0.25) is 10.0 Å². The molecule has 0 bridgehead atoms. The van der Waals surface area contributed by atoms with E-state index in [2.05, 4.69) is 10.0 Å². The molecule has 0 saturated carbocycles. The Labute approximate surface area is 199 Å². The number of hydrogen-bond donors (Lipinski definition) is 3. The molecule has 178 valence electrons. The van der Waals surface area contributed by atoms with E-state index in [4.69, 9.17) is 4.74 Å². The highest BCUT2D eigenvalue weighted by molar-refractivity contribution is 7.89. The van der Waals surface area contributed by atoms with E-state index in [1.165, 1.54) is 12.1 Å². The zero-order valence-electron chi connectivity index (χ0n) is 19.1. The van der Waals surface area contributed by atoms with E-state index in [1.807, 2.05) is 30.3 Å². The predicted octanol–water partition coefficient (Wildman–Crippen LogP) is 3.21. The fraction of sp³-hybridized carbons (Fsp3) is 0.269. The van der Waals surface area contributed by atoms with Crippen LogP contribution < -0.4 is 14.8 Å². The van der Waals surface area contributed by atoms with Crippen LogP contribution in [0.5, 0.6) is 5.75 Å². The first-order valence-electron chi connectivity index (χ1n) is 11.1. The minimum absolute atomic E-state index is 0.0860. The third-order valence-electron chi connectivity index (χ3n) is 5.89. The third kappa shape index (κ3) is 5.14. The number of nitrogens with one attached hydrogen (secondary N) is 2. The summed E-state index contributed by atoms with van der Waals surface area (Å²) in [6, 6.07) is 21.6. The quantitative estimate of drug-likeness (QED) is 0.482. The monoisotopic (exact) mass is 480 g/mol. The highest BCUT2D eigenvalue weighted by Crippen LogP contribution is 2.41. The average Bonchev–Trinajstić information content (AvgIpc) is 2.83. The smallest absolute Gasteiger partial charge is 0.251 e. The second-order valence-electron chi connectivity index (χ2n) is 8.81. The second kappa shape index (κ2) is 9.58. The summed E-state index contributed by atoms with van der Waals surface area (Å²) in [5.74, 6) is 0.125. The summed E-state index contributed by atoms with van der Waals surface area (Å²) in [6.45, 7) is 3.83. The van der Waals surface area contributed by atoms with Gasteiger partial charge in [-0.25, -0.2) is 13.1 Å². The van der Waals surface area contributed by atoms with Crippen molar-refractivity contribution in [2.75, 3.05) is 6.54 Å². The number of amides is 1. The number of aliphatic hydroxyl groups excluding tert-OH is 1. The van der Waals surface area contributed by atoms with Crippen LogP contribution in [-0.2, 0) is 16.4 Å². The molecule has 3 aromatic carbocycles. The SMILES string of the molecule is CC1(C)Oc2ccc(C(=O)NCCc3ccccc3)cc2[C@@H](NS(=O)(=O)c2ccccc2)[C@@H]1O. The number of fused-ring (bicyclic) bond motifs is 1. The molecule has 8 heteroatoms. The summed E-state index contributed by atoms with van der Waals surface area (Å²) < 4.78 is 34.6. The lowest BCUT2D eigenvalue weighted by molar-refractivity contribution is -0.0603. The minimum Gasteiger partial charge on any atom is -0.485 e. The third-order valence-corrected chi connectivity index (χ3v) is 7.34. The molecule has 1 amide bonds.